The quantitative estimate of drug-likeness (QED) is 0.686. The molecule has 0 aromatic heterocycles. The molecule has 0 radical (unpaired) electrons. The Bertz CT molecular complexity index is 920. The van der Waals surface area contributed by atoms with E-state index in [0.717, 1.165) is 63.1 Å². The normalized spacial score (nSPS) is 29.9. The van der Waals surface area contributed by atoms with Crippen molar-refractivity contribution in [2.75, 3.05) is 7.05 Å². The molecule has 1 heterocycles. The SMILES string of the molecule is CC(NC(=O)Cc1cc(F)cc(F)c1)C(=O)NC1C(=O)N(C)C2CCCCC2C2CCCCC12. The number of fused-ring (bicyclic) bond motifs is 3. The van der Waals surface area contributed by atoms with Crippen molar-refractivity contribution >= 4 is 17.7 Å². The van der Waals surface area contributed by atoms with Crippen LogP contribution in [0.3, 0.4) is 0 Å². The molecular weight excluding hydrogens is 440 g/mol. The zero-order valence-corrected chi connectivity index (χ0v) is 20.0. The Balaban J connectivity index is 1.43. The van der Waals surface area contributed by atoms with Crippen molar-refractivity contribution in [2.45, 2.75) is 82.8 Å². The number of carbonyl (C=O) groups is 3. The van der Waals surface area contributed by atoms with Gasteiger partial charge < -0.3 is 15.5 Å². The molecule has 34 heavy (non-hydrogen) atoms. The third kappa shape index (κ3) is 5.26. The van der Waals surface area contributed by atoms with Crippen LogP contribution in [-0.4, -0.2) is 47.8 Å². The third-order valence-electron chi connectivity index (χ3n) is 8.10. The minimum absolute atomic E-state index is 0.0339. The Labute approximate surface area is 199 Å². The first-order valence-corrected chi connectivity index (χ1v) is 12.6. The highest BCUT2D eigenvalue weighted by molar-refractivity contribution is 5.92. The summed E-state index contributed by atoms with van der Waals surface area (Å²) in [4.78, 5) is 40.8. The molecule has 3 aliphatic rings. The Morgan fingerprint density at radius 2 is 1.56 bits per heavy atom. The largest absolute Gasteiger partial charge is 0.344 e. The highest BCUT2D eigenvalue weighted by Gasteiger charge is 2.49. The van der Waals surface area contributed by atoms with Crippen LogP contribution < -0.4 is 10.6 Å². The summed E-state index contributed by atoms with van der Waals surface area (Å²) in [5.74, 6) is -1.46. The van der Waals surface area contributed by atoms with E-state index in [2.05, 4.69) is 10.6 Å². The molecule has 6 unspecified atom stereocenters. The summed E-state index contributed by atoms with van der Waals surface area (Å²) in [5.41, 5.74) is 0.191. The number of rotatable bonds is 5. The predicted octanol–water partition coefficient (Wildman–Crippen LogP) is 3.33. The van der Waals surface area contributed by atoms with Gasteiger partial charge in [0.1, 0.15) is 23.7 Å². The fourth-order valence-electron chi connectivity index (χ4n) is 6.52. The van der Waals surface area contributed by atoms with E-state index in [1.165, 1.54) is 6.42 Å². The summed E-state index contributed by atoms with van der Waals surface area (Å²) in [5, 5.41) is 5.57. The molecule has 0 bridgehead atoms. The van der Waals surface area contributed by atoms with Crippen LogP contribution in [0.4, 0.5) is 8.78 Å². The molecule has 4 rings (SSSR count). The number of halogens is 2. The maximum Gasteiger partial charge on any atom is 0.245 e. The van der Waals surface area contributed by atoms with Gasteiger partial charge in [0.15, 0.2) is 0 Å². The van der Waals surface area contributed by atoms with E-state index in [0.29, 0.717) is 11.8 Å². The fourth-order valence-corrected chi connectivity index (χ4v) is 6.52. The van der Waals surface area contributed by atoms with Gasteiger partial charge in [0.05, 0.1) is 6.42 Å². The molecule has 2 N–H and O–H groups in total. The second-order valence-corrected chi connectivity index (χ2v) is 10.3. The summed E-state index contributed by atoms with van der Waals surface area (Å²) >= 11 is 0. The first kappa shape index (κ1) is 24.6. The van der Waals surface area contributed by atoms with Crippen molar-refractivity contribution in [3.05, 3.63) is 35.4 Å². The van der Waals surface area contributed by atoms with Crippen LogP contribution in [-0.2, 0) is 20.8 Å². The van der Waals surface area contributed by atoms with Gasteiger partial charge in [-0.2, -0.15) is 0 Å². The summed E-state index contributed by atoms with van der Waals surface area (Å²) in [6.07, 6.45) is 8.47. The number of amides is 3. The number of hydrogen-bond acceptors (Lipinski definition) is 3. The van der Waals surface area contributed by atoms with Crippen LogP contribution in [0.1, 0.15) is 63.9 Å². The summed E-state index contributed by atoms with van der Waals surface area (Å²) in [6.45, 7) is 1.56. The summed E-state index contributed by atoms with van der Waals surface area (Å²) < 4.78 is 26.8. The van der Waals surface area contributed by atoms with Gasteiger partial charge in [-0.05, 0) is 68.1 Å². The van der Waals surface area contributed by atoms with Gasteiger partial charge in [0.2, 0.25) is 17.7 Å². The van der Waals surface area contributed by atoms with Gasteiger partial charge in [-0.15, -0.1) is 0 Å². The molecule has 1 aliphatic heterocycles. The lowest BCUT2D eigenvalue weighted by molar-refractivity contribution is -0.139. The standard InChI is InChI=1S/C26H35F2N3O3/c1-15(29-23(32)13-16-11-17(27)14-18(28)12-16)25(33)30-24-21-9-4-3-7-19(21)20-8-5-6-10-22(20)31(2)26(24)34/h11-12,14-15,19-22,24H,3-10,13H2,1-2H3,(H,29,32)(H,30,33). The third-order valence-corrected chi connectivity index (χ3v) is 8.10. The Morgan fingerprint density at radius 3 is 2.24 bits per heavy atom. The van der Waals surface area contributed by atoms with Crippen molar-refractivity contribution in [1.82, 2.24) is 15.5 Å². The molecule has 3 amide bonds. The topological polar surface area (TPSA) is 78.5 Å². The number of hydrogen-bond donors (Lipinski definition) is 2. The van der Waals surface area contributed by atoms with Crippen LogP contribution in [0.2, 0.25) is 0 Å². The Hall–Kier alpha value is -2.51. The first-order chi connectivity index (χ1) is 16.2. The van der Waals surface area contributed by atoms with Gasteiger partial charge in [-0.3, -0.25) is 14.4 Å². The smallest absolute Gasteiger partial charge is 0.245 e. The first-order valence-electron chi connectivity index (χ1n) is 12.6. The summed E-state index contributed by atoms with van der Waals surface area (Å²) in [6, 6.07) is 1.69. The lowest BCUT2D eigenvalue weighted by Gasteiger charge is -2.42. The van der Waals surface area contributed by atoms with Crippen molar-refractivity contribution in [3.8, 4) is 0 Å². The lowest BCUT2D eigenvalue weighted by atomic mass is 9.65. The molecule has 1 saturated heterocycles. The predicted molar refractivity (Wildman–Crippen MR) is 124 cm³/mol. The molecule has 2 saturated carbocycles. The monoisotopic (exact) mass is 475 g/mol. The van der Waals surface area contributed by atoms with Gasteiger partial charge >= 0.3 is 0 Å². The van der Waals surface area contributed by atoms with E-state index in [1.54, 1.807) is 6.92 Å². The minimum Gasteiger partial charge on any atom is -0.344 e. The second kappa shape index (κ2) is 10.4. The van der Waals surface area contributed by atoms with Crippen molar-refractivity contribution in [1.29, 1.82) is 0 Å². The van der Waals surface area contributed by atoms with Gasteiger partial charge in [-0.1, -0.05) is 25.7 Å². The Morgan fingerprint density at radius 1 is 0.971 bits per heavy atom. The van der Waals surface area contributed by atoms with Gasteiger partial charge in [0.25, 0.3) is 0 Å². The van der Waals surface area contributed by atoms with Gasteiger partial charge in [0, 0.05) is 19.2 Å². The summed E-state index contributed by atoms with van der Waals surface area (Å²) in [7, 11) is 1.87. The minimum atomic E-state index is -0.878. The van der Waals surface area contributed by atoms with Crippen LogP contribution in [0.25, 0.3) is 0 Å². The molecule has 1 aromatic carbocycles. The molecule has 6 atom stereocenters. The van der Waals surface area contributed by atoms with E-state index in [9.17, 15) is 23.2 Å². The molecule has 1 aromatic rings. The molecule has 186 valence electrons. The highest BCUT2D eigenvalue weighted by Crippen LogP contribution is 2.46. The average molecular weight is 476 g/mol. The zero-order valence-electron chi connectivity index (χ0n) is 20.0. The van der Waals surface area contributed by atoms with E-state index >= 15 is 0 Å². The molecule has 2 aliphatic carbocycles. The molecule has 3 fully saturated rings. The molecule has 6 nitrogen and oxygen atoms in total. The van der Waals surface area contributed by atoms with E-state index in [4.69, 9.17) is 0 Å². The average Bonchev–Trinajstić information content (AvgIpc) is 2.88. The maximum absolute atomic E-state index is 13.5. The van der Waals surface area contributed by atoms with Crippen molar-refractivity contribution in [2.24, 2.45) is 17.8 Å². The molecule has 0 spiro atoms. The van der Waals surface area contributed by atoms with Gasteiger partial charge in [-0.25, -0.2) is 8.78 Å². The van der Waals surface area contributed by atoms with Crippen molar-refractivity contribution < 1.29 is 23.2 Å². The van der Waals surface area contributed by atoms with E-state index in [1.807, 2.05) is 11.9 Å². The zero-order chi connectivity index (χ0) is 24.4. The Kier molecular flexibility index (Phi) is 7.53. The molecule has 8 heteroatoms. The fraction of sp³-hybridized carbons (Fsp3) is 0.654. The van der Waals surface area contributed by atoms with Crippen LogP contribution in [0.15, 0.2) is 18.2 Å². The van der Waals surface area contributed by atoms with Crippen LogP contribution >= 0.6 is 0 Å². The molecular formula is C26H35F2N3O3. The second-order valence-electron chi connectivity index (χ2n) is 10.3. The van der Waals surface area contributed by atoms with Crippen LogP contribution in [0, 0.1) is 29.4 Å². The maximum atomic E-state index is 13.5. The number of likely N-dealkylation sites (tertiary alicyclic amines) is 1. The van der Waals surface area contributed by atoms with Crippen LogP contribution in [0.5, 0.6) is 0 Å². The number of nitrogens with zero attached hydrogens (tertiary/aromatic N) is 1. The van der Waals surface area contributed by atoms with E-state index in [-0.39, 0.29) is 29.9 Å². The highest BCUT2D eigenvalue weighted by atomic mass is 19.1. The van der Waals surface area contributed by atoms with Crippen molar-refractivity contribution in [3.63, 3.8) is 0 Å². The lowest BCUT2D eigenvalue weighted by Crippen LogP contribution is -2.56. The number of nitrogens with one attached hydrogen (secondary N) is 2. The number of carbonyl (C=O) groups excluding carboxylic acids is 3. The van der Waals surface area contributed by atoms with E-state index < -0.39 is 35.5 Å². The number of benzene rings is 1. The number of likely N-dealkylation sites (N-methyl/N-ethyl adjacent to an activating group) is 1.